The van der Waals surface area contributed by atoms with Crippen molar-refractivity contribution >= 4 is 33.7 Å². The molecule has 8 heteroatoms. The van der Waals surface area contributed by atoms with Gasteiger partial charge in [-0.05, 0) is 46.0 Å². The fourth-order valence-electron chi connectivity index (χ4n) is 4.96. The van der Waals surface area contributed by atoms with E-state index in [9.17, 15) is 14.4 Å². The molecule has 2 heterocycles. The van der Waals surface area contributed by atoms with Crippen molar-refractivity contribution in [1.82, 2.24) is 20.2 Å². The maximum atomic E-state index is 12.8. The van der Waals surface area contributed by atoms with Crippen LogP contribution in [0.1, 0.15) is 23.3 Å². The molecule has 2 bridgehead atoms. The first-order chi connectivity index (χ1) is 11.4. The Hall–Kier alpha value is -1.96. The van der Waals surface area contributed by atoms with E-state index >= 15 is 0 Å². The number of nitrogens with zero attached hydrogens (tertiary/aromatic N) is 3. The largest absolute Gasteiger partial charge is 0.291 e. The zero-order chi connectivity index (χ0) is 16.8. The third-order valence-electron chi connectivity index (χ3n) is 6.07. The van der Waals surface area contributed by atoms with Crippen LogP contribution in [0.3, 0.4) is 0 Å². The van der Waals surface area contributed by atoms with Crippen LogP contribution in [0.4, 0.5) is 0 Å². The fraction of sp³-hybridized carbons (Fsp3) is 0.500. The van der Waals surface area contributed by atoms with Crippen molar-refractivity contribution in [2.24, 2.45) is 36.1 Å². The summed E-state index contributed by atoms with van der Waals surface area (Å²) in [6.45, 7) is 0. The van der Waals surface area contributed by atoms with Crippen LogP contribution in [0.25, 0.3) is 0 Å². The maximum absolute atomic E-state index is 12.8. The maximum Gasteiger partial charge on any atom is 0.291 e. The number of hydrogen-bond donors (Lipinski definition) is 1. The van der Waals surface area contributed by atoms with E-state index in [4.69, 9.17) is 0 Å². The van der Waals surface area contributed by atoms with E-state index in [1.54, 1.807) is 13.2 Å². The SMILES string of the molecule is Cn1cc(Br)c(C(=O)NN2C(=O)[C@@H]3[C@H](C2=O)[C@H]2C=C[C@@H]3C23CC3)n1. The van der Waals surface area contributed by atoms with Gasteiger partial charge in [-0.2, -0.15) is 10.1 Å². The normalized spacial score (nSPS) is 34.3. The molecule has 0 aromatic carbocycles. The van der Waals surface area contributed by atoms with Crippen LogP contribution < -0.4 is 5.43 Å². The average molecular weight is 391 g/mol. The zero-order valence-electron chi connectivity index (χ0n) is 12.9. The summed E-state index contributed by atoms with van der Waals surface area (Å²) in [5.74, 6) is -1.47. The lowest BCUT2D eigenvalue weighted by atomic mass is 9.85. The molecule has 4 atom stereocenters. The van der Waals surface area contributed by atoms with Gasteiger partial charge in [0.15, 0.2) is 5.69 Å². The second-order valence-electron chi connectivity index (χ2n) is 7.17. The predicted molar refractivity (Wildman–Crippen MR) is 85.0 cm³/mol. The van der Waals surface area contributed by atoms with E-state index in [2.05, 4.69) is 38.6 Å². The van der Waals surface area contributed by atoms with Crippen molar-refractivity contribution in [3.63, 3.8) is 0 Å². The van der Waals surface area contributed by atoms with Crippen molar-refractivity contribution in [2.45, 2.75) is 12.8 Å². The molecule has 7 nitrogen and oxygen atoms in total. The number of amides is 3. The van der Waals surface area contributed by atoms with E-state index < -0.39 is 5.91 Å². The van der Waals surface area contributed by atoms with Gasteiger partial charge in [-0.25, -0.2) is 0 Å². The molecule has 1 N–H and O–H groups in total. The Morgan fingerprint density at radius 1 is 1.25 bits per heavy atom. The second kappa shape index (κ2) is 4.36. The number of allylic oxidation sites excluding steroid dienone is 2. The molecule has 0 radical (unpaired) electrons. The smallest absolute Gasteiger partial charge is 0.274 e. The monoisotopic (exact) mass is 390 g/mol. The summed E-state index contributed by atoms with van der Waals surface area (Å²) in [5, 5.41) is 4.96. The van der Waals surface area contributed by atoms with Crippen molar-refractivity contribution in [1.29, 1.82) is 0 Å². The summed E-state index contributed by atoms with van der Waals surface area (Å²) in [7, 11) is 1.69. The molecule has 1 saturated heterocycles. The molecule has 4 aliphatic rings. The van der Waals surface area contributed by atoms with Gasteiger partial charge >= 0.3 is 0 Å². The summed E-state index contributed by atoms with van der Waals surface area (Å²) in [4.78, 5) is 37.9. The van der Waals surface area contributed by atoms with Gasteiger partial charge in [-0.1, -0.05) is 12.2 Å². The number of imide groups is 1. The first-order valence-electron chi connectivity index (χ1n) is 8.00. The Labute approximate surface area is 146 Å². The number of halogens is 1. The molecule has 0 unspecified atom stereocenters. The molecule has 24 heavy (non-hydrogen) atoms. The molecule has 3 fully saturated rings. The van der Waals surface area contributed by atoms with E-state index in [1.807, 2.05) is 0 Å². The number of hydrogen-bond acceptors (Lipinski definition) is 4. The molecule has 1 aliphatic heterocycles. The first kappa shape index (κ1) is 14.4. The van der Waals surface area contributed by atoms with Crippen molar-refractivity contribution in [3.05, 3.63) is 28.5 Å². The van der Waals surface area contributed by atoms with E-state index in [-0.39, 0.29) is 46.6 Å². The van der Waals surface area contributed by atoms with Gasteiger partial charge in [0.25, 0.3) is 17.7 Å². The van der Waals surface area contributed by atoms with Gasteiger partial charge in [-0.3, -0.25) is 24.5 Å². The van der Waals surface area contributed by atoms with Crippen molar-refractivity contribution < 1.29 is 14.4 Å². The zero-order valence-corrected chi connectivity index (χ0v) is 14.5. The Morgan fingerprint density at radius 3 is 2.29 bits per heavy atom. The molecule has 3 amide bonds. The Kier molecular flexibility index (Phi) is 2.61. The molecule has 1 aromatic heterocycles. The van der Waals surface area contributed by atoms with Crippen LogP contribution in [0.2, 0.25) is 0 Å². The summed E-state index contributed by atoms with van der Waals surface area (Å²) in [5.41, 5.74) is 2.76. The van der Waals surface area contributed by atoms with Gasteiger partial charge in [-0.15, -0.1) is 0 Å². The number of rotatable bonds is 2. The quantitative estimate of drug-likeness (QED) is 0.603. The number of aryl methyl sites for hydroxylation is 1. The topological polar surface area (TPSA) is 84.3 Å². The highest BCUT2D eigenvalue weighted by Gasteiger charge is 2.73. The minimum atomic E-state index is -0.564. The number of nitrogens with one attached hydrogen (secondary N) is 1. The molecular weight excluding hydrogens is 376 g/mol. The number of carbonyl (C=O) groups excluding carboxylic acids is 3. The highest BCUT2D eigenvalue weighted by Crippen LogP contribution is 2.73. The van der Waals surface area contributed by atoms with E-state index in [0.29, 0.717) is 4.47 Å². The minimum absolute atomic E-state index is 0.146. The molecule has 124 valence electrons. The van der Waals surface area contributed by atoms with Gasteiger partial charge in [0.2, 0.25) is 0 Å². The molecule has 3 aliphatic carbocycles. The third kappa shape index (κ3) is 1.57. The molecule has 1 spiro atoms. The molecule has 1 aromatic rings. The highest BCUT2D eigenvalue weighted by atomic mass is 79.9. The first-order valence-corrected chi connectivity index (χ1v) is 8.79. The molecule has 5 rings (SSSR count). The number of fused-ring (bicyclic) bond motifs is 3. The van der Waals surface area contributed by atoms with Crippen LogP contribution >= 0.6 is 15.9 Å². The van der Waals surface area contributed by atoms with Crippen LogP contribution in [-0.4, -0.2) is 32.5 Å². The third-order valence-corrected chi connectivity index (χ3v) is 6.65. The Balaban J connectivity index is 1.42. The lowest BCUT2D eigenvalue weighted by Gasteiger charge is -2.21. The van der Waals surface area contributed by atoms with Gasteiger partial charge < -0.3 is 0 Å². The van der Waals surface area contributed by atoms with Crippen LogP contribution in [0.5, 0.6) is 0 Å². The number of hydrazine groups is 1. The fourth-order valence-corrected chi connectivity index (χ4v) is 5.51. The summed E-state index contributed by atoms with van der Waals surface area (Å²) in [6, 6.07) is 0. The standard InChI is InChI=1S/C16H15BrN4O3/c1-20-6-9(17)12(18-20)13(22)19-21-14(23)10-7-2-3-8(11(10)15(21)24)16(7)4-5-16/h2-3,6-8,10-11H,4-5H2,1H3,(H,19,22)/t7-,8+,10-,11+. The Bertz CT molecular complexity index is 806. The highest BCUT2D eigenvalue weighted by molar-refractivity contribution is 9.10. The van der Waals surface area contributed by atoms with Crippen molar-refractivity contribution in [2.75, 3.05) is 0 Å². The van der Waals surface area contributed by atoms with Gasteiger partial charge in [0.05, 0.1) is 16.3 Å². The summed E-state index contributed by atoms with van der Waals surface area (Å²) < 4.78 is 2.00. The predicted octanol–water partition coefficient (Wildman–Crippen LogP) is 1.02. The van der Waals surface area contributed by atoms with E-state index in [1.165, 1.54) is 4.68 Å². The lowest BCUT2D eigenvalue weighted by Crippen LogP contribution is -2.48. The van der Waals surface area contributed by atoms with Crippen LogP contribution in [0, 0.1) is 29.1 Å². The minimum Gasteiger partial charge on any atom is -0.274 e. The summed E-state index contributed by atoms with van der Waals surface area (Å²) >= 11 is 3.26. The second-order valence-corrected chi connectivity index (χ2v) is 8.03. The summed E-state index contributed by atoms with van der Waals surface area (Å²) in [6.07, 6.45) is 8.03. The van der Waals surface area contributed by atoms with E-state index in [0.717, 1.165) is 17.9 Å². The average Bonchev–Trinajstić information content (AvgIpc) is 2.99. The van der Waals surface area contributed by atoms with Gasteiger partial charge in [0.1, 0.15) is 0 Å². The molecular formula is C16H15BrN4O3. The van der Waals surface area contributed by atoms with Gasteiger partial charge in [0, 0.05) is 13.2 Å². The number of carbonyl (C=O) groups is 3. The lowest BCUT2D eigenvalue weighted by molar-refractivity contribution is -0.144. The Morgan fingerprint density at radius 2 is 1.83 bits per heavy atom. The van der Waals surface area contributed by atoms with Crippen molar-refractivity contribution in [3.8, 4) is 0 Å². The van der Waals surface area contributed by atoms with Crippen LogP contribution in [-0.2, 0) is 16.6 Å². The number of aromatic nitrogens is 2. The van der Waals surface area contributed by atoms with Crippen LogP contribution in [0.15, 0.2) is 22.8 Å². The molecule has 2 saturated carbocycles.